The average Bonchev–Trinajstić information content (AvgIpc) is 3.45. The molecule has 3 fully saturated rings. The quantitative estimate of drug-likeness (QED) is 0.220. The zero-order chi connectivity index (χ0) is 26.0. The van der Waals surface area contributed by atoms with E-state index in [1.807, 2.05) is 0 Å². The van der Waals surface area contributed by atoms with E-state index in [9.17, 15) is 19.2 Å². The Hall–Kier alpha value is -1.45. The Morgan fingerprint density at radius 1 is 0.917 bits per heavy atom. The molecule has 0 aromatic heterocycles. The van der Waals surface area contributed by atoms with E-state index < -0.39 is 41.4 Å². The molecular weight excluding hydrogens is 658 g/mol. The van der Waals surface area contributed by atoms with Gasteiger partial charge in [0.15, 0.2) is 5.78 Å². The van der Waals surface area contributed by atoms with E-state index in [0.717, 1.165) is 16.4 Å². The van der Waals surface area contributed by atoms with Gasteiger partial charge in [0.25, 0.3) is 17.7 Å². The van der Waals surface area contributed by atoms with Crippen LogP contribution in [0.1, 0.15) is 34.1 Å². The molecule has 0 radical (unpaired) electrons. The second kappa shape index (κ2) is 9.70. The maximum atomic E-state index is 13.9. The van der Waals surface area contributed by atoms with Gasteiger partial charge in [-0.2, -0.15) is 5.01 Å². The lowest BCUT2D eigenvalue weighted by Crippen LogP contribution is -2.57. The maximum Gasteiger partial charge on any atom is 0.275 e. The van der Waals surface area contributed by atoms with Gasteiger partial charge in [-0.25, -0.2) is 5.01 Å². The van der Waals surface area contributed by atoms with Crippen LogP contribution in [0.5, 0.6) is 0 Å². The fourth-order valence-corrected chi connectivity index (χ4v) is 8.23. The van der Waals surface area contributed by atoms with Crippen molar-refractivity contribution in [2.24, 2.45) is 23.7 Å². The fraction of sp³-hybridized carbons (Fsp3) is 0.360. The largest absolute Gasteiger partial charge is 0.292 e. The summed E-state index contributed by atoms with van der Waals surface area (Å²) >= 11 is 25.6. The van der Waals surface area contributed by atoms with Gasteiger partial charge in [-0.15, -0.1) is 0 Å². The van der Waals surface area contributed by atoms with Crippen molar-refractivity contribution in [2.75, 3.05) is 0 Å². The van der Waals surface area contributed by atoms with Crippen molar-refractivity contribution in [1.29, 1.82) is 0 Å². The molecule has 2 aromatic rings. The molecule has 3 amide bonds. The van der Waals surface area contributed by atoms with Crippen LogP contribution in [0.2, 0.25) is 15.1 Å². The normalized spacial score (nSPS) is 29.4. The number of Topliss-reactive ketones (excluding diaryl/α,β-unsaturated/α-hetero) is 1. The number of hydrogen-bond donors (Lipinski definition) is 0. The van der Waals surface area contributed by atoms with Crippen LogP contribution in [0, 0.1) is 23.7 Å². The topological polar surface area (TPSA) is 74.8 Å². The molecular formula is C25H19Br2Cl3N2O4. The minimum atomic E-state index is -1.19. The first kappa shape index (κ1) is 26.2. The van der Waals surface area contributed by atoms with Crippen molar-refractivity contribution in [3.63, 3.8) is 0 Å². The van der Waals surface area contributed by atoms with E-state index in [0.29, 0.717) is 10.0 Å². The predicted octanol–water partition coefficient (Wildman–Crippen LogP) is 6.05. The van der Waals surface area contributed by atoms with Crippen LogP contribution >= 0.6 is 66.7 Å². The van der Waals surface area contributed by atoms with E-state index in [2.05, 4.69) is 31.9 Å². The van der Waals surface area contributed by atoms with Crippen molar-refractivity contribution >= 4 is 90.2 Å². The standard InChI is InChI=1S/C25H19Br2Cl3N2O4/c1-10(22(33)11-2-4-12(28)5-3-11)31(23(34)14-7-6-13(29)8-17(14)30)32-24(35)18-15-9-16(19(18)25(32)36)21(27)20(15)26/h2-8,10,15-16,18-21H,9H2,1H3/t10-,15-,16-,18-,19+,20+,21+/m1/s1. The zero-order valence-electron chi connectivity index (χ0n) is 18.7. The van der Waals surface area contributed by atoms with Gasteiger partial charge in [0.2, 0.25) is 0 Å². The van der Waals surface area contributed by atoms with Crippen LogP contribution < -0.4 is 0 Å². The summed E-state index contributed by atoms with van der Waals surface area (Å²) in [6, 6.07) is 9.30. The molecule has 2 aliphatic carbocycles. The predicted molar refractivity (Wildman–Crippen MR) is 144 cm³/mol. The monoisotopic (exact) mass is 674 g/mol. The third-order valence-electron chi connectivity index (χ3n) is 7.42. The number of fused-ring (bicyclic) bond motifs is 5. The van der Waals surface area contributed by atoms with E-state index in [1.165, 1.54) is 37.3 Å². The third-order valence-corrected chi connectivity index (χ3v) is 11.4. The van der Waals surface area contributed by atoms with Crippen molar-refractivity contribution in [2.45, 2.75) is 29.0 Å². The second-order valence-electron chi connectivity index (χ2n) is 9.31. The summed E-state index contributed by atoms with van der Waals surface area (Å²) in [5.41, 5.74) is 0.307. The number of carbonyl (C=O) groups is 4. The molecule has 1 saturated heterocycles. The Morgan fingerprint density at radius 2 is 1.44 bits per heavy atom. The fourth-order valence-electron chi connectivity index (χ4n) is 5.74. The number of benzene rings is 2. The van der Waals surface area contributed by atoms with Gasteiger partial charge in [0.05, 0.1) is 22.4 Å². The molecule has 3 aliphatic rings. The summed E-state index contributed by atoms with van der Waals surface area (Å²) in [6.45, 7) is 1.49. The van der Waals surface area contributed by atoms with E-state index in [-0.39, 0.29) is 37.6 Å². The van der Waals surface area contributed by atoms with Gasteiger partial charge < -0.3 is 0 Å². The van der Waals surface area contributed by atoms with Crippen molar-refractivity contribution < 1.29 is 19.2 Å². The van der Waals surface area contributed by atoms with Crippen LogP contribution in [0.25, 0.3) is 0 Å². The van der Waals surface area contributed by atoms with Crippen LogP contribution in [0.4, 0.5) is 0 Å². The molecule has 188 valence electrons. The number of imide groups is 1. The molecule has 7 atom stereocenters. The van der Waals surface area contributed by atoms with Crippen molar-refractivity contribution in [3.05, 3.63) is 68.7 Å². The van der Waals surface area contributed by atoms with E-state index in [4.69, 9.17) is 34.8 Å². The number of alkyl halides is 2. The molecule has 6 nitrogen and oxygen atoms in total. The third kappa shape index (κ3) is 4.04. The van der Waals surface area contributed by atoms with Crippen LogP contribution in [0.3, 0.4) is 0 Å². The number of amides is 3. The summed E-state index contributed by atoms with van der Waals surface area (Å²) in [5, 5.41) is 2.65. The van der Waals surface area contributed by atoms with Gasteiger partial charge in [-0.1, -0.05) is 66.7 Å². The SMILES string of the molecule is C[C@H](C(=O)c1ccc(Cl)cc1)N(C(=O)c1ccc(Cl)cc1Cl)N1C(=O)[C@@H]2[C@H]3C[C@@H]([C@H](Br)[C@H]3Br)[C@@H]2C1=O. The number of ketones is 1. The number of halogens is 5. The second-order valence-corrected chi connectivity index (χ2v) is 12.7. The summed E-state index contributed by atoms with van der Waals surface area (Å²) in [7, 11) is 0. The lowest BCUT2D eigenvalue weighted by atomic mass is 9.81. The Bertz CT molecular complexity index is 1260. The first-order chi connectivity index (χ1) is 17.0. The van der Waals surface area contributed by atoms with Gasteiger partial charge in [0, 0.05) is 25.3 Å². The lowest BCUT2D eigenvalue weighted by molar-refractivity contribution is -0.157. The molecule has 2 bridgehead atoms. The van der Waals surface area contributed by atoms with Crippen molar-refractivity contribution in [3.8, 4) is 0 Å². The first-order valence-electron chi connectivity index (χ1n) is 11.3. The highest BCUT2D eigenvalue weighted by molar-refractivity contribution is 9.12. The van der Waals surface area contributed by atoms with Crippen molar-refractivity contribution in [1.82, 2.24) is 10.0 Å². The Morgan fingerprint density at radius 3 is 1.97 bits per heavy atom. The Kier molecular flexibility index (Phi) is 7.05. The van der Waals surface area contributed by atoms with Crippen LogP contribution in [-0.4, -0.2) is 49.2 Å². The molecule has 0 spiro atoms. The van der Waals surface area contributed by atoms with Crippen LogP contribution in [0.15, 0.2) is 42.5 Å². The van der Waals surface area contributed by atoms with Gasteiger partial charge in [0.1, 0.15) is 6.04 Å². The first-order valence-corrected chi connectivity index (χ1v) is 14.2. The Labute approximate surface area is 239 Å². The highest BCUT2D eigenvalue weighted by Gasteiger charge is 2.68. The Balaban J connectivity index is 1.57. The molecule has 1 heterocycles. The maximum absolute atomic E-state index is 13.9. The number of carbonyl (C=O) groups excluding carboxylic acids is 4. The van der Waals surface area contributed by atoms with E-state index in [1.54, 1.807) is 12.1 Å². The smallest absolute Gasteiger partial charge is 0.275 e. The average molecular weight is 678 g/mol. The molecule has 11 heteroatoms. The summed E-state index contributed by atoms with van der Waals surface area (Å²) in [6.07, 6.45) is 0.739. The number of hydrazine groups is 1. The molecule has 36 heavy (non-hydrogen) atoms. The van der Waals surface area contributed by atoms with Gasteiger partial charge in [-0.05, 0) is 67.6 Å². The van der Waals surface area contributed by atoms with Gasteiger partial charge in [-0.3, -0.25) is 19.2 Å². The zero-order valence-corrected chi connectivity index (χ0v) is 24.1. The summed E-state index contributed by atoms with van der Waals surface area (Å²) < 4.78 is 0. The molecule has 0 unspecified atom stereocenters. The number of hydrogen-bond acceptors (Lipinski definition) is 4. The molecule has 2 aromatic carbocycles. The minimum Gasteiger partial charge on any atom is -0.292 e. The minimum absolute atomic E-state index is 0.0224. The van der Waals surface area contributed by atoms with E-state index >= 15 is 0 Å². The molecule has 0 N–H and O–H groups in total. The highest BCUT2D eigenvalue weighted by atomic mass is 79.9. The highest BCUT2D eigenvalue weighted by Crippen LogP contribution is 2.60. The summed E-state index contributed by atoms with van der Waals surface area (Å²) in [5.74, 6) is -3.38. The number of rotatable bonds is 5. The molecule has 2 saturated carbocycles. The van der Waals surface area contributed by atoms with Gasteiger partial charge >= 0.3 is 0 Å². The lowest BCUT2D eigenvalue weighted by Gasteiger charge is -2.35. The molecule has 1 aliphatic heterocycles. The molecule has 5 rings (SSSR count). The number of nitrogens with zero attached hydrogens (tertiary/aromatic N) is 2. The summed E-state index contributed by atoms with van der Waals surface area (Å²) in [4.78, 5) is 54.9. The van der Waals surface area contributed by atoms with Crippen LogP contribution in [-0.2, 0) is 9.59 Å².